The van der Waals surface area contributed by atoms with E-state index in [0.717, 1.165) is 30.3 Å². The van der Waals surface area contributed by atoms with Crippen molar-refractivity contribution in [1.29, 1.82) is 0 Å². The zero-order valence-electron chi connectivity index (χ0n) is 20.0. The zero-order chi connectivity index (χ0) is 30.5. The van der Waals surface area contributed by atoms with E-state index in [1.54, 1.807) is 5.32 Å². The molecule has 0 aliphatic rings. The lowest BCUT2D eigenvalue weighted by molar-refractivity contribution is -0.139. The molecule has 0 saturated heterocycles. The molecule has 40 heavy (non-hydrogen) atoms. The number of halogens is 12. The number of carbonyl (C=O) groups is 2. The van der Waals surface area contributed by atoms with Crippen molar-refractivity contribution < 1.29 is 49.1 Å². The van der Waals surface area contributed by atoms with Crippen LogP contribution in [0.2, 0.25) is 15.1 Å². The van der Waals surface area contributed by atoms with Crippen LogP contribution in [-0.4, -0.2) is 30.6 Å². The van der Waals surface area contributed by atoms with Gasteiger partial charge in [0.25, 0.3) is 0 Å². The average molecular weight is 643 g/mol. The number of benzene rings is 2. The van der Waals surface area contributed by atoms with Gasteiger partial charge in [0.1, 0.15) is 6.54 Å². The topological polar surface area (TPSA) is 46.2 Å². The van der Waals surface area contributed by atoms with E-state index in [1.165, 1.54) is 0 Å². The van der Waals surface area contributed by atoms with Crippen LogP contribution in [0.25, 0.3) is 6.08 Å². The molecule has 0 fully saturated rings. The Morgan fingerprint density at radius 2 is 1.43 bits per heavy atom. The van der Waals surface area contributed by atoms with Gasteiger partial charge in [0.15, 0.2) is 5.78 Å². The number of nitrogens with one attached hydrogen (secondary N) is 1. The van der Waals surface area contributed by atoms with E-state index >= 15 is 0 Å². The van der Waals surface area contributed by atoms with Crippen molar-refractivity contribution in [3.05, 3.63) is 73.7 Å². The summed E-state index contributed by atoms with van der Waals surface area (Å²) in [6.07, 6.45) is -14.1. The zero-order valence-corrected chi connectivity index (χ0v) is 22.3. The van der Waals surface area contributed by atoms with E-state index < -0.39 is 65.8 Å². The second-order valence-electron chi connectivity index (χ2n) is 8.50. The van der Waals surface area contributed by atoms with Gasteiger partial charge in [-0.15, -0.1) is 0 Å². The molecule has 1 amide bonds. The lowest BCUT2D eigenvalue weighted by atomic mass is 9.94. The predicted octanol–water partition coefficient (Wildman–Crippen LogP) is 9.45. The number of Topliss-reactive ketones (excluding diaryl/α,β-unsaturated/α-hetero) is 1. The largest absolute Gasteiger partial charge is 0.417 e. The quantitative estimate of drug-likeness (QED) is 0.122. The van der Waals surface area contributed by atoms with Crippen LogP contribution in [-0.2, 0) is 11.0 Å². The second kappa shape index (κ2) is 13.5. The third-order valence-electron chi connectivity index (χ3n) is 5.39. The number of unbranched alkanes of at least 4 members (excludes halogenated alkanes) is 1. The second-order valence-corrected chi connectivity index (χ2v) is 9.69. The highest BCUT2D eigenvalue weighted by Crippen LogP contribution is 2.41. The first-order valence-electron chi connectivity index (χ1n) is 11.3. The molecular formula is C25H19Cl3F9NO2. The summed E-state index contributed by atoms with van der Waals surface area (Å²) in [5.41, 5.74) is -2.82. The third kappa shape index (κ3) is 10.2. The summed E-state index contributed by atoms with van der Waals surface area (Å²) in [5.74, 6) is -4.20. The average Bonchev–Trinajstić information content (AvgIpc) is 2.82. The fourth-order valence-electron chi connectivity index (χ4n) is 3.51. The summed E-state index contributed by atoms with van der Waals surface area (Å²) in [7, 11) is 0. The number of allylic oxidation sites excluding steroid dienone is 1. The van der Waals surface area contributed by atoms with Crippen molar-refractivity contribution >= 4 is 52.6 Å². The van der Waals surface area contributed by atoms with Crippen molar-refractivity contribution in [2.45, 2.75) is 50.1 Å². The summed E-state index contributed by atoms with van der Waals surface area (Å²) < 4.78 is 119. The van der Waals surface area contributed by atoms with Gasteiger partial charge in [-0.2, -0.15) is 39.5 Å². The van der Waals surface area contributed by atoms with Crippen LogP contribution >= 0.6 is 34.8 Å². The van der Waals surface area contributed by atoms with Crippen molar-refractivity contribution in [3.63, 3.8) is 0 Å². The molecule has 2 aromatic rings. The molecule has 0 aliphatic heterocycles. The lowest BCUT2D eigenvalue weighted by Crippen LogP contribution is -2.33. The van der Waals surface area contributed by atoms with Crippen LogP contribution in [0.3, 0.4) is 0 Å². The Morgan fingerprint density at radius 3 is 1.95 bits per heavy atom. The van der Waals surface area contributed by atoms with Crippen LogP contribution in [0.4, 0.5) is 39.5 Å². The van der Waals surface area contributed by atoms with Gasteiger partial charge in [-0.1, -0.05) is 59.1 Å². The van der Waals surface area contributed by atoms with Gasteiger partial charge in [0.2, 0.25) is 5.91 Å². The molecule has 0 saturated carbocycles. The molecule has 0 aromatic heterocycles. The van der Waals surface area contributed by atoms with Crippen molar-refractivity contribution in [2.75, 3.05) is 6.54 Å². The van der Waals surface area contributed by atoms with Crippen LogP contribution < -0.4 is 5.32 Å². The number of rotatable bonds is 10. The highest BCUT2D eigenvalue weighted by molar-refractivity contribution is 6.48. The molecule has 15 heteroatoms. The first-order valence-corrected chi connectivity index (χ1v) is 12.4. The minimum atomic E-state index is -5.03. The van der Waals surface area contributed by atoms with E-state index in [4.69, 9.17) is 34.8 Å². The van der Waals surface area contributed by atoms with Crippen LogP contribution in [0.1, 0.15) is 58.6 Å². The van der Waals surface area contributed by atoms with Gasteiger partial charge in [-0.05, 0) is 42.2 Å². The molecular weight excluding hydrogens is 624 g/mol. The van der Waals surface area contributed by atoms with E-state index in [-0.39, 0.29) is 39.9 Å². The van der Waals surface area contributed by atoms with E-state index in [9.17, 15) is 49.1 Å². The molecule has 1 atom stereocenters. The smallest absolute Gasteiger partial charge is 0.347 e. The minimum absolute atomic E-state index is 0.0604. The molecule has 0 aliphatic carbocycles. The number of amides is 1. The monoisotopic (exact) mass is 641 g/mol. The molecule has 1 unspecified atom stereocenters. The Morgan fingerprint density at radius 1 is 0.850 bits per heavy atom. The van der Waals surface area contributed by atoms with Crippen LogP contribution in [0.15, 0.2) is 36.4 Å². The molecule has 220 valence electrons. The minimum Gasteiger partial charge on any atom is -0.347 e. The highest BCUT2D eigenvalue weighted by atomic mass is 35.5. The molecule has 0 bridgehead atoms. The van der Waals surface area contributed by atoms with Gasteiger partial charge in [0.05, 0.1) is 26.5 Å². The third-order valence-corrected chi connectivity index (χ3v) is 6.59. The molecule has 2 aromatic carbocycles. The maximum absolute atomic E-state index is 13.7. The Hall–Kier alpha value is -2.44. The first kappa shape index (κ1) is 33.8. The molecule has 0 radical (unpaired) electrons. The lowest BCUT2D eigenvalue weighted by Gasteiger charge is -2.18. The maximum atomic E-state index is 13.7. The van der Waals surface area contributed by atoms with Crippen LogP contribution in [0, 0.1) is 0 Å². The molecule has 1 N–H and O–H groups in total. The molecule has 3 nitrogen and oxygen atoms in total. The fourth-order valence-corrected chi connectivity index (χ4v) is 4.12. The van der Waals surface area contributed by atoms with Gasteiger partial charge in [0, 0.05) is 18.4 Å². The maximum Gasteiger partial charge on any atom is 0.417 e. The fraction of sp³-hybridized carbons (Fsp3) is 0.360. The Bertz CT molecular complexity index is 1230. The van der Waals surface area contributed by atoms with E-state index in [1.807, 2.05) is 0 Å². The normalized spacial score (nSPS) is 13.5. The van der Waals surface area contributed by atoms with Crippen molar-refractivity contribution in [3.8, 4) is 0 Å². The van der Waals surface area contributed by atoms with Crippen molar-refractivity contribution in [2.24, 2.45) is 0 Å². The van der Waals surface area contributed by atoms with E-state index in [0.29, 0.717) is 12.1 Å². The number of carbonyl (C=O) groups excluding carboxylic acids is 2. The number of alkyl halides is 9. The van der Waals surface area contributed by atoms with Gasteiger partial charge >= 0.3 is 18.5 Å². The summed E-state index contributed by atoms with van der Waals surface area (Å²) >= 11 is 17.4. The number of ketones is 1. The standard InChI is InChI=1S/C25H19Cl3F9NO2/c26-18-10-14(11-19(27)22(18)28)16(24(32,33)34)8-6-13-5-7-15(17(9-13)25(35,36)37)20(39)3-1-2-4-21(40)38-12-23(29,30)31/h5-11,16H,1-4,12H2,(H,38,40)/b8-6+. The SMILES string of the molecule is O=C(CCCCC(=O)c1ccc(/C=C/C(c2cc(Cl)c(Cl)c(Cl)c2)C(F)(F)F)cc1C(F)(F)F)NCC(F)(F)F. The number of hydrogen-bond acceptors (Lipinski definition) is 2. The molecule has 0 heterocycles. The predicted molar refractivity (Wildman–Crippen MR) is 133 cm³/mol. The van der Waals surface area contributed by atoms with Gasteiger partial charge in [-0.3, -0.25) is 9.59 Å². The highest BCUT2D eigenvalue weighted by Gasteiger charge is 2.40. The summed E-state index contributed by atoms with van der Waals surface area (Å²) in [4.78, 5) is 23.8. The summed E-state index contributed by atoms with van der Waals surface area (Å²) in [6, 6.07) is 4.23. The number of hydrogen-bond donors (Lipinski definition) is 1. The van der Waals surface area contributed by atoms with Crippen LogP contribution in [0.5, 0.6) is 0 Å². The summed E-state index contributed by atoms with van der Waals surface area (Å²) in [6.45, 7) is -1.54. The first-order chi connectivity index (χ1) is 18.3. The molecule has 0 spiro atoms. The van der Waals surface area contributed by atoms with E-state index in [2.05, 4.69) is 0 Å². The van der Waals surface area contributed by atoms with Crippen molar-refractivity contribution in [1.82, 2.24) is 5.32 Å². The summed E-state index contributed by atoms with van der Waals surface area (Å²) in [5, 5.41) is 0.954. The Labute approximate surface area is 237 Å². The van der Waals surface area contributed by atoms with Gasteiger partial charge < -0.3 is 5.32 Å². The van der Waals surface area contributed by atoms with Gasteiger partial charge in [-0.25, -0.2) is 0 Å². The Balaban J connectivity index is 2.21. The Kier molecular flexibility index (Phi) is 11.4. The molecule has 2 rings (SSSR count).